The lowest BCUT2D eigenvalue weighted by molar-refractivity contribution is 0.281. The Balaban J connectivity index is 2.10. The first-order valence-corrected chi connectivity index (χ1v) is 7.53. The number of sulfonamides is 1. The van der Waals surface area contributed by atoms with Crippen molar-refractivity contribution < 1.29 is 13.5 Å². The molecule has 2 rings (SSSR count). The van der Waals surface area contributed by atoms with Gasteiger partial charge in [-0.05, 0) is 35.4 Å². The van der Waals surface area contributed by atoms with Gasteiger partial charge in [-0.15, -0.1) is 0 Å². The van der Waals surface area contributed by atoms with Gasteiger partial charge in [-0.3, -0.25) is 0 Å². The van der Waals surface area contributed by atoms with E-state index in [0.29, 0.717) is 5.69 Å². The van der Waals surface area contributed by atoms with E-state index >= 15 is 0 Å². The summed E-state index contributed by atoms with van der Waals surface area (Å²) in [7, 11) is -3.56. The van der Waals surface area contributed by atoms with E-state index in [-0.39, 0.29) is 18.0 Å². The zero-order valence-electron chi connectivity index (χ0n) is 10.8. The number of aliphatic hydroxyl groups excluding tert-OH is 1. The van der Waals surface area contributed by atoms with Crippen molar-refractivity contribution in [2.45, 2.75) is 18.0 Å². The summed E-state index contributed by atoms with van der Waals surface area (Å²) in [5.41, 5.74) is 7.57. The Labute approximate surface area is 118 Å². The molecule has 0 amide bonds. The van der Waals surface area contributed by atoms with Crippen LogP contribution in [0, 0.1) is 0 Å². The quantitative estimate of drug-likeness (QED) is 0.723. The highest BCUT2D eigenvalue weighted by molar-refractivity contribution is 7.89. The zero-order valence-corrected chi connectivity index (χ0v) is 11.6. The fourth-order valence-electron chi connectivity index (χ4n) is 1.75. The minimum atomic E-state index is -3.56. The normalized spacial score (nSPS) is 11.4. The lowest BCUT2D eigenvalue weighted by Crippen LogP contribution is -2.23. The number of aliphatic hydroxyl groups is 1. The Bertz CT molecular complexity index is 682. The van der Waals surface area contributed by atoms with Crippen LogP contribution >= 0.6 is 0 Å². The number of hydrogen-bond acceptors (Lipinski definition) is 4. The SMILES string of the molecule is Nc1ccc(S(=O)(=O)NCc2cccc(CO)c2)cc1. The number of rotatable bonds is 5. The van der Waals surface area contributed by atoms with Gasteiger partial charge in [-0.1, -0.05) is 24.3 Å². The summed E-state index contributed by atoms with van der Waals surface area (Å²) < 4.78 is 26.7. The number of nitrogens with one attached hydrogen (secondary N) is 1. The maximum absolute atomic E-state index is 12.1. The highest BCUT2D eigenvalue weighted by Crippen LogP contribution is 2.12. The molecular formula is C14H16N2O3S. The van der Waals surface area contributed by atoms with E-state index in [9.17, 15) is 8.42 Å². The van der Waals surface area contributed by atoms with Crippen molar-refractivity contribution in [2.24, 2.45) is 0 Å². The summed E-state index contributed by atoms with van der Waals surface area (Å²) in [5, 5.41) is 9.04. The van der Waals surface area contributed by atoms with Crippen LogP contribution in [0.25, 0.3) is 0 Å². The number of nitrogen functional groups attached to an aromatic ring is 1. The summed E-state index contributed by atoms with van der Waals surface area (Å²) in [5.74, 6) is 0. The summed E-state index contributed by atoms with van der Waals surface area (Å²) in [6, 6.07) is 13.1. The third kappa shape index (κ3) is 3.57. The molecule has 0 radical (unpaired) electrons. The standard InChI is InChI=1S/C14H16N2O3S/c15-13-4-6-14(7-5-13)20(18,19)16-9-11-2-1-3-12(8-11)10-17/h1-8,16-17H,9-10,15H2. The van der Waals surface area contributed by atoms with Crippen LogP contribution in [-0.4, -0.2) is 13.5 Å². The van der Waals surface area contributed by atoms with Crippen LogP contribution in [0.5, 0.6) is 0 Å². The van der Waals surface area contributed by atoms with Crippen LogP contribution in [-0.2, 0) is 23.2 Å². The molecular weight excluding hydrogens is 276 g/mol. The fraction of sp³-hybridized carbons (Fsp3) is 0.143. The van der Waals surface area contributed by atoms with Crippen molar-refractivity contribution in [3.63, 3.8) is 0 Å². The van der Waals surface area contributed by atoms with Gasteiger partial charge >= 0.3 is 0 Å². The lowest BCUT2D eigenvalue weighted by Gasteiger charge is -2.08. The van der Waals surface area contributed by atoms with Gasteiger partial charge in [0.1, 0.15) is 0 Å². The third-order valence-corrected chi connectivity index (χ3v) is 4.25. The number of benzene rings is 2. The van der Waals surface area contributed by atoms with Crippen molar-refractivity contribution >= 4 is 15.7 Å². The third-order valence-electron chi connectivity index (χ3n) is 2.83. The molecule has 4 N–H and O–H groups in total. The summed E-state index contributed by atoms with van der Waals surface area (Å²) in [6.07, 6.45) is 0. The lowest BCUT2D eigenvalue weighted by atomic mass is 10.1. The van der Waals surface area contributed by atoms with Gasteiger partial charge in [0, 0.05) is 12.2 Å². The zero-order chi connectivity index (χ0) is 14.6. The molecule has 0 saturated heterocycles. The van der Waals surface area contributed by atoms with E-state index in [1.807, 2.05) is 0 Å². The molecule has 0 atom stereocenters. The molecule has 0 aliphatic rings. The molecule has 6 heteroatoms. The predicted octanol–water partition coefficient (Wildman–Crippen LogP) is 1.24. The van der Waals surface area contributed by atoms with Gasteiger partial charge < -0.3 is 10.8 Å². The average molecular weight is 292 g/mol. The van der Waals surface area contributed by atoms with Gasteiger partial charge in [0.25, 0.3) is 0 Å². The highest BCUT2D eigenvalue weighted by Gasteiger charge is 2.13. The molecule has 0 saturated carbocycles. The van der Waals surface area contributed by atoms with Gasteiger partial charge in [0.2, 0.25) is 10.0 Å². The minimum absolute atomic E-state index is 0.0709. The van der Waals surface area contributed by atoms with E-state index in [2.05, 4.69) is 4.72 Å². The molecule has 0 bridgehead atoms. The molecule has 106 valence electrons. The summed E-state index contributed by atoms with van der Waals surface area (Å²) in [4.78, 5) is 0.171. The first kappa shape index (κ1) is 14.5. The van der Waals surface area contributed by atoms with Crippen molar-refractivity contribution in [1.82, 2.24) is 4.72 Å². The van der Waals surface area contributed by atoms with Crippen LogP contribution < -0.4 is 10.5 Å². The average Bonchev–Trinajstić information content (AvgIpc) is 2.46. The molecule has 0 heterocycles. The van der Waals surface area contributed by atoms with Crippen LogP contribution in [0.15, 0.2) is 53.4 Å². The van der Waals surface area contributed by atoms with Gasteiger partial charge in [-0.2, -0.15) is 0 Å². The summed E-state index contributed by atoms with van der Waals surface area (Å²) in [6.45, 7) is 0.0963. The van der Waals surface area contributed by atoms with E-state index < -0.39 is 10.0 Å². The maximum atomic E-state index is 12.1. The van der Waals surface area contributed by atoms with Crippen molar-refractivity contribution in [3.8, 4) is 0 Å². The van der Waals surface area contributed by atoms with Crippen molar-refractivity contribution in [3.05, 3.63) is 59.7 Å². The molecule has 2 aromatic carbocycles. The van der Waals surface area contributed by atoms with E-state index in [0.717, 1.165) is 11.1 Å². The smallest absolute Gasteiger partial charge is 0.240 e. The van der Waals surface area contributed by atoms with Crippen LogP contribution in [0.3, 0.4) is 0 Å². The highest BCUT2D eigenvalue weighted by atomic mass is 32.2. The Morgan fingerprint density at radius 2 is 1.70 bits per heavy atom. The summed E-state index contributed by atoms with van der Waals surface area (Å²) >= 11 is 0. The molecule has 0 aromatic heterocycles. The molecule has 0 fully saturated rings. The second kappa shape index (κ2) is 6.04. The molecule has 20 heavy (non-hydrogen) atoms. The Morgan fingerprint density at radius 1 is 1.05 bits per heavy atom. The monoisotopic (exact) mass is 292 g/mol. The Morgan fingerprint density at radius 3 is 2.35 bits per heavy atom. The number of hydrogen-bond donors (Lipinski definition) is 3. The van der Waals surface area contributed by atoms with Gasteiger partial charge in [0.05, 0.1) is 11.5 Å². The Hall–Kier alpha value is -1.89. The van der Waals surface area contributed by atoms with Gasteiger partial charge in [0.15, 0.2) is 0 Å². The fourth-order valence-corrected chi connectivity index (χ4v) is 2.76. The second-order valence-electron chi connectivity index (χ2n) is 4.37. The Kier molecular flexibility index (Phi) is 4.39. The molecule has 0 spiro atoms. The van der Waals surface area contributed by atoms with E-state index in [1.54, 1.807) is 36.4 Å². The molecule has 2 aromatic rings. The van der Waals surface area contributed by atoms with Crippen molar-refractivity contribution in [1.29, 1.82) is 0 Å². The number of anilines is 1. The number of nitrogens with two attached hydrogens (primary N) is 1. The minimum Gasteiger partial charge on any atom is -0.399 e. The topological polar surface area (TPSA) is 92.4 Å². The largest absolute Gasteiger partial charge is 0.399 e. The van der Waals surface area contributed by atoms with Crippen LogP contribution in [0.4, 0.5) is 5.69 Å². The van der Waals surface area contributed by atoms with Gasteiger partial charge in [-0.25, -0.2) is 13.1 Å². The van der Waals surface area contributed by atoms with Crippen LogP contribution in [0.2, 0.25) is 0 Å². The molecule has 0 unspecified atom stereocenters. The van der Waals surface area contributed by atoms with Crippen LogP contribution in [0.1, 0.15) is 11.1 Å². The predicted molar refractivity (Wildman–Crippen MR) is 77.2 cm³/mol. The van der Waals surface area contributed by atoms with Crippen molar-refractivity contribution in [2.75, 3.05) is 5.73 Å². The first-order chi connectivity index (χ1) is 9.51. The van der Waals surface area contributed by atoms with E-state index in [4.69, 9.17) is 10.8 Å². The first-order valence-electron chi connectivity index (χ1n) is 6.05. The molecule has 5 nitrogen and oxygen atoms in total. The van der Waals surface area contributed by atoms with E-state index in [1.165, 1.54) is 12.1 Å². The second-order valence-corrected chi connectivity index (χ2v) is 6.14. The molecule has 0 aliphatic carbocycles. The molecule has 0 aliphatic heterocycles. The maximum Gasteiger partial charge on any atom is 0.240 e.